The van der Waals surface area contributed by atoms with E-state index in [0.717, 1.165) is 11.1 Å². The van der Waals surface area contributed by atoms with Crippen LogP contribution in [0.5, 0.6) is 11.5 Å². The van der Waals surface area contributed by atoms with E-state index in [0.29, 0.717) is 29.3 Å². The molecule has 0 aliphatic rings. The molecular formula is C21H28N2O5S. The Hall–Kier alpha value is -2.74. The van der Waals surface area contributed by atoms with Gasteiger partial charge in [0.05, 0.1) is 31.9 Å². The predicted molar refractivity (Wildman–Crippen MR) is 116 cm³/mol. The van der Waals surface area contributed by atoms with E-state index in [1.165, 1.54) is 17.7 Å². The molecular weight excluding hydrogens is 392 g/mol. The summed E-state index contributed by atoms with van der Waals surface area (Å²) >= 11 is 0. The lowest BCUT2D eigenvalue weighted by molar-refractivity contribution is -0.116. The van der Waals surface area contributed by atoms with E-state index < -0.39 is 10.0 Å². The molecule has 0 aromatic heterocycles. The van der Waals surface area contributed by atoms with Crippen LogP contribution in [0.25, 0.3) is 0 Å². The van der Waals surface area contributed by atoms with E-state index in [1.54, 1.807) is 31.4 Å². The van der Waals surface area contributed by atoms with Gasteiger partial charge in [0.25, 0.3) is 0 Å². The van der Waals surface area contributed by atoms with Crippen LogP contribution < -0.4 is 19.1 Å². The summed E-state index contributed by atoms with van der Waals surface area (Å²) in [5.41, 5.74) is 3.10. The molecule has 0 unspecified atom stereocenters. The molecule has 0 saturated carbocycles. The molecule has 2 rings (SSSR count). The number of rotatable bonds is 9. The number of amides is 1. The first kappa shape index (κ1) is 22.5. The lowest BCUT2D eigenvalue weighted by atomic mass is 10.1. The SMILES string of the molecule is COc1ccc(NC(=O)CCCN(c2cccc(C)c2C)S(C)(=O)=O)c(OC)c1. The van der Waals surface area contributed by atoms with Crippen molar-refractivity contribution < 1.29 is 22.7 Å². The van der Waals surface area contributed by atoms with E-state index in [1.807, 2.05) is 26.0 Å². The molecule has 0 saturated heterocycles. The number of carbonyl (C=O) groups excluding carboxylic acids is 1. The second-order valence-corrected chi connectivity index (χ2v) is 8.68. The highest BCUT2D eigenvalue weighted by atomic mass is 32.2. The van der Waals surface area contributed by atoms with Crippen LogP contribution in [0.4, 0.5) is 11.4 Å². The Morgan fingerprint density at radius 3 is 2.45 bits per heavy atom. The summed E-state index contributed by atoms with van der Waals surface area (Å²) in [4.78, 5) is 12.4. The lowest BCUT2D eigenvalue weighted by Gasteiger charge is -2.25. The number of aryl methyl sites for hydroxylation is 1. The molecule has 2 aromatic rings. The monoisotopic (exact) mass is 420 g/mol. The molecule has 158 valence electrons. The van der Waals surface area contributed by atoms with Gasteiger partial charge in [0.15, 0.2) is 0 Å². The second-order valence-electron chi connectivity index (χ2n) is 6.77. The van der Waals surface area contributed by atoms with Crippen LogP contribution in [0, 0.1) is 13.8 Å². The third kappa shape index (κ3) is 5.87. The van der Waals surface area contributed by atoms with E-state index in [4.69, 9.17) is 9.47 Å². The van der Waals surface area contributed by atoms with Crippen molar-refractivity contribution in [3.05, 3.63) is 47.5 Å². The zero-order chi connectivity index (χ0) is 21.6. The van der Waals surface area contributed by atoms with Crippen LogP contribution >= 0.6 is 0 Å². The first-order chi connectivity index (χ1) is 13.7. The minimum atomic E-state index is -3.46. The average Bonchev–Trinajstić information content (AvgIpc) is 2.67. The number of ether oxygens (including phenoxy) is 2. The van der Waals surface area contributed by atoms with Gasteiger partial charge in [-0.05, 0) is 49.6 Å². The quantitative estimate of drug-likeness (QED) is 0.671. The van der Waals surface area contributed by atoms with Crippen LogP contribution in [0.3, 0.4) is 0 Å². The number of sulfonamides is 1. The number of benzene rings is 2. The number of nitrogens with one attached hydrogen (secondary N) is 1. The minimum Gasteiger partial charge on any atom is -0.497 e. The van der Waals surface area contributed by atoms with Crippen LogP contribution in [0.15, 0.2) is 36.4 Å². The highest BCUT2D eigenvalue weighted by Gasteiger charge is 2.20. The molecule has 7 nitrogen and oxygen atoms in total. The molecule has 0 heterocycles. The molecule has 0 aliphatic heterocycles. The molecule has 1 N–H and O–H groups in total. The highest BCUT2D eigenvalue weighted by Crippen LogP contribution is 2.29. The van der Waals surface area contributed by atoms with Crippen molar-refractivity contribution in [3.8, 4) is 11.5 Å². The van der Waals surface area contributed by atoms with Crippen molar-refractivity contribution in [2.24, 2.45) is 0 Å². The van der Waals surface area contributed by atoms with Gasteiger partial charge in [-0.25, -0.2) is 8.42 Å². The summed E-state index contributed by atoms with van der Waals surface area (Å²) < 4.78 is 36.4. The summed E-state index contributed by atoms with van der Waals surface area (Å²) in [5.74, 6) is 0.894. The molecule has 0 radical (unpaired) electrons. The molecule has 0 spiro atoms. The number of methoxy groups -OCH3 is 2. The Bertz CT molecular complexity index is 973. The topological polar surface area (TPSA) is 84.9 Å². The minimum absolute atomic E-state index is 0.173. The fourth-order valence-electron chi connectivity index (χ4n) is 2.97. The molecule has 0 fully saturated rings. The van der Waals surface area contributed by atoms with Crippen molar-refractivity contribution in [2.45, 2.75) is 26.7 Å². The second kappa shape index (κ2) is 9.65. The predicted octanol–water partition coefficient (Wildman–Crippen LogP) is 3.51. The Morgan fingerprint density at radius 2 is 1.83 bits per heavy atom. The summed E-state index contributed by atoms with van der Waals surface area (Å²) in [7, 11) is -0.400. The van der Waals surface area contributed by atoms with Gasteiger partial charge in [0.2, 0.25) is 15.9 Å². The lowest BCUT2D eigenvalue weighted by Crippen LogP contribution is -2.32. The maximum Gasteiger partial charge on any atom is 0.232 e. The number of hydrogen-bond donors (Lipinski definition) is 1. The highest BCUT2D eigenvalue weighted by molar-refractivity contribution is 7.92. The van der Waals surface area contributed by atoms with Gasteiger partial charge >= 0.3 is 0 Å². The molecule has 0 aliphatic carbocycles. The van der Waals surface area contributed by atoms with Crippen LogP contribution in [-0.4, -0.2) is 41.3 Å². The van der Waals surface area contributed by atoms with Crippen LogP contribution in [0.2, 0.25) is 0 Å². The van der Waals surface area contributed by atoms with Crippen molar-refractivity contribution >= 4 is 27.3 Å². The zero-order valence-corrected chi connectivity index (χ0v) is 18.3. The summed E-state index contributed by atoms with van der Waals surface area (Å²) in [6, 6.07) is 10.7. The van der Waals surface area contributed by atoms with Crippen molar-refractivity contribution in [1.82, 2.24) is 0 Å². The summed E-state index contributed by atoms with van der Waals surface area (Å²) in [5, 5.41) is 2.80. The van der Waals surface area contributed by atoms with Gasteiger partial charge < -0.3 is 14.8 Å². The Balaban J connectivity index is 2.05. The molecule has 0 atom stereocenters. The maximum atomic E-state index is 12.4. The maximum absolute atomic E-state index is 12.4. The first-order valence-electron chi connectivity index (χ1n) is 9.23. The van der Waals surface area contributed by atoms with E-state index in [2.05, 4.69) is 5.32 Å². The van der Waals surface area contributed by atoms with E-state index in [-0.39, 0.29) is 18.9 Å². The van der Waals surface area contributed by atoms with Crippen molar-refractivity contribution in [1.29, 1.82) is 0 Å². The Kier molecular flexibility index (Phi) is 7.50. The van der Waals surface area contributed by atoms with Gasteiger partial charge in [0.1, 0.15) is 11.5 Å². The smallest absolute Gasteiger partial charge is 0.232 e. The third-order valence-corrected chi connectivity index (χ3v) is 5.87. The fraction of sp³-hybridized carbons (Fsp3) is 0.381. The van der Waals surface area contributed by atoms with Gasteiger partial charge in [-0.2, -0.15) is 0 Å². The standard InChI is InChI=1S/C21H28N2O5S/c1-15-8-6-9-19(16(15)2)23(29(5,25)26)13-7-10-21(24)22-18-12-11-17(27-3)14-20(18)28-4/h6,8-9,11-12,14H,7,10,13H2,1-5H3,(H,22,24). The number of hydrogen-bond acceptors (Lipinski definition) is 5. The van der Waals surface area contributed by atoms with E-state index >= 15 is 0 Å². The normalized spacial score (nSPS) is 11.1. The molecule has 1 amide bonds. The zero-order valence-electron chi connectivity index (χ0n) is 17.5. The molecule has 0 bridgehead atoms. The van der Waals surface area contributed by atoms with Crippen molar-refractivity contribution in [2.75, 3.05) is 36.6 Å². The van der Waals surface area contributed by atoms with Crippen LogP contribution in [0.1, 0.15) is 24.0 Å². The van der Waals surface area contributed by atoms with Gasteiger partial charge in [-0.3, -0.25) is 9.10 Å². The van der Waals surface area contributed by atoms with Crippen LogP contribution in [-0.2, 0) is 14.8 Å². The molecule has 8 heteroatoms. The number of nitrogens with zero attached hydrogens (tertiary/aromatic N) is 1. The van der Waals surface area contributed by atoms with E-state index in [9.17, 15) is 13.2 Å². The summed E-state index contributed by atoms with van der Waals surface area (Å²) in [6.07, 6.45) is 1.73. The average molecular weight is 421 g/mol. The Morgan fingerprint density at radius 1 is 1.10 bits per heavy atom. The summed E-state index contributed by atoms with van der Waals surface area (Å²) in [6.45, 7) is 4.05. The third-order valence-electron chi connectivity index (χ3n) is 4.69. The molecule has 2 aromatic carbocycles. The Labute approximate surface area is 172 Å². The fourth-order valence-corrected chi connectivity index (χ4v) is 3.98. The molecule has 29 heavy (non-hydrogen) atoms. The van der Waals surface area contributed by atoms with Gasteiger partial charge in [0, 0.05) is 19.0 Å². The van der Waals surface area contributed by atoms with Gasteiger partial charge in [-0.1, -0.05) is 12.1 Å². The van der Waals surface area contributed by atoms with Crippen molar-refractivity contribution in [3.63, 3.8) is 0 Å². The number of anilines is 2. The largest absolute Gasteiger partial charge is 0.497 e. The first-order valence-corrected chi connectivity index (χ1v) is 11.1. The van der Waals surface area contributed by atoms with Gasteiger partial charge in [-0.15, -0.1) is 0 Å². The number of carbonyl (C=O) groups is 1.